The maximum absolute atomic E-state index is 12.5. The van der Waals surface area contributed by atoms with E-state index in [1.54, 1.807) is 42.5 Å². The van der Waals surface area contributed by atoms with E-state index in [4.69, 9.17) is 15.2 Å². The molecule has 2 aromatic carbocycles. The van der Waals surface area contributed by atoms with E-state index in [9.17, 15) is 9.59 Å². The summed E-state index contributed by atoms with van der Waals surface area (Å²) in [6, 6.07) is 13.6. The average Bonchev–Trinajstić information content (AvgIpc) is 2.52. The van der Waals surface area contributed by atoms with Crippen LogP contribution >= 0.6 is 0 Å². The number of methoxy groups -OCH3 is 1. The monoisotopic (exact) mass is 285 g/mol. The highest BCUT2D eigenvalue weighted by molar-refractivity contribution is 6.10. The second kappa shape index (κ2) is 6.56. The van der Waals surface area contributed by atoms with E-state index >= 15 is 0 Å². The fourth-order valence-corrected chi connectivity index (χ4v) is 1.83. The van der Waals surface area contributed by atoms with Crippen molar-refractivity contribution < 1.29 is 19.1 Å². The summed E-state index contributed by atoms with van der Waals surface area (Å²) in [4.78, 5) is 23.3. The van der Waals surface area contributed by atoms with Gasteiger partial charge in [-0.05, 0) is 12.1 Å². The van der Waals surface area contributed by atoms with Crippen molar-refractivity contribution >= 4 is 11.7 Å². The summed E-state index contributed by atoms with van der Waals surface area (Å²) < 4.78 is 10.4. The van der Waals surface area contributed by atoms with Gasteiger partial charge >= 0.3 is 0 Å². The lowest BCUT2D eigenvalue weighted by atomic mass is 10.0. The van der Waals surface area contributed by atoms with Crippen molar-refractivity contribution in [3.8, 4) is 11.5 Å². The third-order valence-corrected chi connectivity index (χ3v) is 2.84. The Morgan fingerprint density at radius 2 is 1.81 bits per heavy atom. The molecule has 5 nitrogen and oxygen atoms in total. The summed E-state index contributed by atoms with van der Waals surface area (Å²) in [7, 11) is 1.51. The van der Waals surface area contributed by atoms with Crippen LogP contribution in [0.4, 0.5) is 0 Å². The Morgan fingerprint density at radius 1 is 1.10 bits per heavy atom. The van der Waals surface area contributed by atoms with Gasteiger partial charge in [-0.1, -0.05) is 30.3 Å². The van der Waals surface area contributed by atoms with E-state index in [1.807, 2.05) is 6.07 Å². The van der Waals surface area contributed by atoms with E-state index in [-0.39, 0.29) is 18.1 Å². The highest BCUT2D eigenvalue weighted by atomic mass is 16.5. The zero-order valence-corrected chi connectivity index (χ0v) is 11.5. The van der Waals surface area contributed by atoms with E-state index < -0.39 is 5.91 Å². The highest BCUT2D eigenvalue weighted by Crippen LogP contribution is 2.27. The number of nitrogens with two attached hydrogens (primary N) is 1. The third-order valence-electron chi connectivity index (χ3n) is 2.84. The summed E-state index contributed by atoms with van der Waals surface area (Å²) in [5, 5.41) is 0. The fourth-order valence-electron chi connectivity index (χ4n) is 1.83. The summed E-state index contributed by atoms with van der Waals surface area (Å²) in [6.07, 6.45) is 0. The van der Waals surface area contributed by atoms with Gasteiger partial charge in [0, 0.05) is 11.6 Å². The standard InChI is InChI=1S/C16H15NO4/c1-20-12-7-8-13(14(9-12)21-10-15(17)18)16(19)11-5-3-2-4-6-11/h2-9H,10H2,1H3,(H2,17,18). The Morgan fingerprint density at radius 3 is 2.43 bits per heavy atom. The molecule has 2 aromatic rings. The predicted octanol–water partition coefficient (Wildman–Crippen LogP) is 1.79. The van der Waals surface area contributed by atoms with Crippen molar-refractivity contribution in [1.82, 2.24) is 0 Å². The van der Waals surface area contributed by atoms with Gasteiger partial charge in [-0.3, -0.25) is 9.59 Å². The molecule has 2 N–H and O–H groups in total. The Labute approximate surface area is 122 Å². The van der Waals surface area contributed by atoms with Crippen LogP contribution in [0.1, 0.15) is 15.9 Å². The Balaban J connectivity index is 2.37. The second-order valence-electron chi connectivity index (χ2n) is 4.31. The van der Waals surface area contributed by atoms with Gasteiger partial charge in [0.05, 0.1) is 12.7 Å². The predicted molar refractivity (Wildman–Crippen MR) is 77.6 cm³/mol. The number of primary amides is 1. The van der Waals surface area contributed by atoms with Crippen LogP contribution in [0, 0.1) is 0 Å². The second-order valence-corrected chi connectivity index (χ2v) is 4.31. The molecule has 5 heteroatoms. The van der Waals surface area contributed by atoms with Gasteiger partial charge in [-0.25, -0.2) is 0 Å². The van der Waals surface area contributed by atoms with Crippen molar-refractivity contribution in [2.75, 3.05) is 13.7 Å². The molecular weight excluding hydrogens is 270 g/mol. The maximum atomic E-state index is 12.5. The van der Waals surface area contributed by atoms with E-state index in [0.717, 1.165) is 0 Å². The smallest absolute Gasteiger partial charge is 0.255 e. The van der Waals surface area contributed by atoms with Gasteiger partial charge in [0.2, 0.25) is 0 Å². The molecular formula is C16H15NO4. The van der Waals surface area contributed by atoms with E-state index in [0.29, 0.717) is 16.9 Å². The molecule has 0 saturated carbocycles. The number of benzene rings is 2. The molecule has 0 aliphatic carbocycles. The van der Waals surface area contributed by atoms with E-state index in [1.165, 1.54) is 7.11 Å². The molecule has 0 atom stereocenters. The average molecular weight is 285 g/mol. The highest BCUT2D eigenvalue weighted by Gasteiger charge is 2.16. The molecule has 0 saturated heterocycles. The van der Waals surface area contributed by atoms with Crippen LogP contribution in [0.2, 0.25) is 0 Å². The zero-order valence-electron chi connectivity index (χ0n) is 11.5. The van der Waals surface area contributed by atoms with Gasteiger partial charge in [0.1, 0.15) is 11.5 Å². The van der Waals surface area contributed by atoms with Crippen LogP contribution in [-0.2, 0) is 4.79 Å². The Kier molecular flexibility index (Phi) is 4.56. The number of carbonyl (C=O) groups is 2. The molecule has 1 amide bonds. The number of carbonyl (C=O) groups excluding carboxylic acids is 2. The van der Waals surface area contributed by atoms with Crippen LogP contribution in [0.5, 0.6) is 11.5 Å². The maximum Gasteiger partial charge on any atom is 0.255 e. The molecule has 0 fully saturated rings. The minimum absolute atomic E-state index is 0.197. The summed E-state index contributed by atoms with van der Waals surface area (Å²) in [5.74, 6) is -0.0188. The van der Waals surface area contributed by atoms with Crippen LogP contribution < -0.4 is 15.2 Å². The quantitative estimate of drug-likeness (QED) is 0.821. The molecule has 2 rings (SSSR count). The van der Waals surface area contributed by atoms with E-state index in [2.05, 4.69) is 0 Å². The molecule has 0 aromatic heterocycles. The number of amides is 1. The number of ketones is 1. The number of hydrogen-bond donors (Lipinski definition) is 1. The molecule has 0 aliphatic rings. The minimum atomic E-state index is -0.615. The third kappa shape index (κ3) is 3.60. The summed E-state index contributed by atoms with van der Waals surface area (Å²) >= 11 is 0. The van der Waals surface area contributed by atoms with Crippen molar-refractivity contribution in [1.29, 1.82) is 0 Å². The first kappa shape index (κ1) is 14.6. The molecule has 0 heterocycles. The fraction of sp³-hybridized carbons (Fsp3) is 0.125. The van der Waals surface area contributed by atoms with Gasteiger partial charge in [0.15, 0.2) is 12.4 Å². The normalized spacial score (nSPS) is 9.95. The van der Waals surface area contributed by atoms with Crippen LogP contribution in [0.25, 0.3) is 0 Å². The van der Waals surface area contributed by atoms with Crippen molar-refractivity contribution in [3.05, 3.63) is 59.7 Å². The molecule has 0 radical (unpaired) electrons. The molecule has 21 heavy (non-hydrogen) atoms. The molecule has 0 spiro atoms. The van der Waals surface area contributed by atoms with Gasteiger partial charge in [-0.15, -0.1) is 0 Å². The Hall–Kier alpha value is -2.82. The minimum Gasteiger partial charge on any atom is -0.497 e. The number of rotatable bonds is 6. The molecule has 0 bridgehead atoms. The summed E-state index contributed by atoms with van der Waals surface area (Å²) in [5.41, 5.74) is 5.95. The lowest BCUT2D eigenvalue weighted by molar-refractivity contribution is -0.119. The van der Waals surface area contributed by atoms with Crippen LogP contribution in [0.15, 0.2) is 48.5 Å². The lowest BCUT2D eigenvalue weighted by Crippen LogP contribution is -2.21. The van der Waals surface area contributed by atoms with Gasteiger partial charge in [0.25, 0.3) is 5.91 Å². The zero-order chi connectivity index (χ0) is 15.2. The summed E-state index contributed by atoms with van der Waals surface area (Å²) in [6.45, 7) is -0.303. The van der Waals surface area contributed by atoms with Gasteiger partial charge in [-0.2, -0.15) is 0 Å². The van der Waals surface area contributed by atoms with Crippen molar-refractivity contribution in [3.63, 3.8) is 0 Å². The first-order valence-corrected chi connectivity index (χ1v) is 6.30. The molecule has 0 aliphatic heterocycles. The lowest BCUT2D eigenvalue weighted by Gasteiger charge is -2.11. The number of ether oxygens (including phenoxy) is 2. The first-order chi connectivity index (χ1) is 10.1. The van der Waals surface area contributed by atoms with Crippen molar-refractivity contribution in [2.24, 2.45) is 5.73 Å². The van der Waals surface area contributed by atoms with Gasteiger partial charge < -0.3 is 15.2 Å². The van der Waals surface area contributed by atoms with Crippen LogP contribution in [-0.4, -0.2) is 25.4 Å². The Bertz CT molecular complexity index is 653. The van der Waals surface area contributed by atoms with Crippen LogP contribution in [0.3, 0.4) is 0 Å². The molecule has 108 valence electrons. The molecule has 0 unspecified atom stereocenters. The SMILES string of the molecule is COc1ccc(C(=O)c2ccccc2)c(OCC(N)=O)c1. The number of hydrogen-bond acceptors (Lipinski definition) is 4. The largest absolute Gasteiger partial charge is 0.497 e. The first-order valence-electron chi connectivity index (χ1n) is 6.30. The topological polar surface area (TPSA) is 78.6 Å². The van der Waals surface area contributed by atoms with Crippen molar-refractivity contribution in [2.45, 2.75) is 0 Å².